The lowest BCUT2D eigenvalue weighted by Crippen LogP contribution is -2.05. The molecule has 3 heteroatoms. The molecule has 2 nitrogen and oxygen atoms in total. The smallest absolute Gasteiger partial charge is 0.119 e. The summed E-state index contributed by atoms with van der Waals surface area (Å²) in [6.45, 7) is 0.848. The van der Waals surface area contributed by atoms with E-state index in [9.17, 15) is 0 Å². The summed E-state index contributed by atoms with van der Waals surface area (Å²) in [6.07, 6.45) is 1.57. The van der Waals surface area contributed by atoms with E-state index in [1.807, 2.05) is 12.1 Å². The number of alkyl halides is 1. The molecular formula is C12H15IO2. The fourth-order valence-electron chi connectivity index (χ4n) is 1.94. The van der Waals surface area contributed by atoms with Crippen molar-refractivity contribution >= 4 is 22.6 Å². The first kappa shape index (κ1) is 11.2. The molecule has 1 aromatic rings. The first-order valence-corrected chi connectivity index (χ1v) is 6.67. The normalized spacial score (nSPS) is 25.5. The Hall–Kier alpha value is -0.290. The molecule has 2 rings (SSSR count). The van der Waals surface area contributed by atoms with Crippen molar-refractivity contribution in [1.82, 2.24) is 0 Å². The van der Waals surface area contributed by atoms with Gasteiger partial charge in [-0.15, -0.1) is 0 Å². The molecule has 1 aliphatic heterocycles. The molecule has 2 atom stereocenters. The molecule has 82 valence electrons. The Morgan fingerprint density at radius 2 is 2.40 bits per heavy atom. The van der Waals surface area contributed by atoms with Crippen LogP contribution in [0.25, 0.3) is 0 Å². The molecule has 0 amide bonds. The average molecular weight is 318 g/mol. The highest BCUT2D eigenvalue weighted by Gasteiger charge is 2.25. The molecule has 1 aliphatic rings. The molecule has 15 heavy (non-hydrogen) atoms. The zero-order valence-electron chi connectivity index (χ0n) is 8.78. The average Bonchev–Trinajstić information content (AvgIpc) is 2.78. The number of methoxy groups -OCH3 is 1. The van der Waals surface area contributed by atoms with Gasteiger partial charge >= 0.3 is 0 Å². The Morgan fingerprint density at radius 1 is 1.53 bits per heavy atom. The lowest BCUT2D eigenvalue weighted by atomic mass is 9.96. The third-order valence-corrected chi connectivity index (χ3v) is 3.80. The Bertz CT molecular complexity index is 327. The maximum atomic E-state index is 5.69. The summed E-state index contributed by atoms with van der Waals surface area (Å²) in [5, 5.41) is 0. The van der Waals surface area contributed by atoms with Crippen LogP contribution in [-0.2, 0) is 4.74 Å². The van der Waals surface area contributed by atoms with Crippen LogP contribution in [0.5, 0.6) is 5.75 Å². The van der Waals surface area contributed by atoms with Crippen molar-refractivity contribution in [3.63, 3.8) is 0 Å². The molecule has 0 saturated carbocycles. The second-order valence-corrected chi connectivity index (χ2v) is 4.70. The molecule has 2 unspecified atom stereocenters. The summed E-state index contributed by atoms with van der Waals surface area (Å²) < 4.78 is 12.0. The van der Waals surface area contributed by atoms with E-state index in [2.05, 4.69) is 34.7 Å². The lowest BCUT2D eigenvalue weighted by molar-refractivity contribution is 0.129. The molecule has 0 bridgehead atoms. The van der Waals surface area contributed by atoms with Gasteiger partial charge in [-0.05, 0) is 24.1 Å². The minimum atomic E-state index is 0.432. The number of halogens is 1. The monoisotopic (exact) mass is 318 g/mol. The number of hydrogen-bond donors (Lipinski definition) is 0. The van der Waals surface area contributed by atoms with Gasteiger partial charge in [0.1, 0.15) is 5.75 Å². The van der Waals surface area contributed by atoms with Crippen LogP contribution < -0.4 is 4.74 Å². The Morgan fingerprint density at radius 3 is 3.07 bits per heavy atom. The molecule has 1 heterocycles. The second kappa shape index (κ2) is 5.16. The van der Waals surface area contributed by atoms with Gasteiger partial charge in [0.15, 0.2) is 0 Å². The van der Waals surface area contributed by atoms with E-state index in [0.717, 1.165) is 23.2 Å². The van der Waals surface area contributed by atoms with E-state index in [4.69, 9.17) is 9.47 Å². The maximum absolute atomic E-state index is 5.69. The van der Waals surface area contributed by atoms with Gasteiger partial charge in [-0.3, -0.25) is 0 Å². The van der Waals surface area contributed by atoms with Crippen molar-refractivity contribution < 1.29 is 9.47 Å². The third kappa shape index (κ3) is 2.64. The molecule has 0 aliphatic carbocycles. The molecule has 0 radical (unpaired) electrons. The molecule has 1 fully saturated rings. The highest BCUT2D eigenvalue weighted by Crippen LogP contribution is 2.31. The molecule has 0 N–H and O–H groups in total. The topological polar surface area (TPSA) is 18.5 Å². The van der Waals surface area contributed by atoms with E-state index in [-0.39, 0.29) is 0 Å². The van der Waals surface area contributed by atoms with E-state index in [1.54, 1.807) is 7.11 Å². The van der Waals surface area contributed by atoms with Crippen LogP contribution >= 0.6 is 22.6 Å². The van der Waals surface area contributed by atoms with Gasteiger partial charge in [0, 0.05) is 10.3 Å². The molecule has 0 spiro atoms. The summed E-state index contributed by atoms with van der Waals surface area (Å²) >= 11 is 2.38. The van der Waals surface area contributed by atoms with Gasteiger partial charge in [-0.25, -0.2) is 0 Å². The molecular weight excluding hydrogens is 303 g/mol. The van der Waals surface area contributed by atoms with Crippen LogP contribution in [0.3, 0.4) is 0 Å². The zero-order valence-corrected chi connectivity index (χ0v) is 10.9. The van der Waals surface area contributed by atoms with Crippen molar-refractivity contribution in [2.45, 2.75) is 18.4 Å². The first-order valence-electron chi connectivity index (χ1n) is 5.15. The maximum Gasteiger partial charge on any atom is 0.119 e. The van der Waals surface area contributed by atoms with Gasteiger partial charge in [-0.1, -0.05) is 34.7 Å². The van der Waals surface area contributed by atoms with Crippen molar-refractivity contribution in [3.05, 3.63) is 29.8 Å². The van der Waals surface area contributed by atoms with Crippen LogP contribution in [0.4, 0.5) is 0 Å². The van der Waals surface area contributed by atoms with Crippen LogP contribution in [0.15, 0.2) is 24.3 Å². The van der Waals surface area contributed by atoms with Gasteiger partial charge in [0.2, 0.25) is 0 Å². The van der Waals surface area contributed by atoms with Crippen molar-refractivity contribution in [2.75, 3.05) is 18.1 Å². The quantitative estimate of drug-likeness (QED) is 0.630. The fraction of sp³-hybridized carbons (Fsp3) is 0.500. The van der Waals surface area contributed by atoms with E-state index in [0.29, 0.717) is 12.0 Å². The summed E-state index contributed by atoms with van der Waals surface area (Å²) in [5.41, 5.74) is 1.33. The van der Waals surface area contributed by atoms with Crippen LogP contribution in [0.1, 0.15) is 17.9 Å². The Kier molecular flexibility index (Phi) is 3.86. The Labute approximate surface area is 104 Å². The van der Waals surface area contributed by atoms with Gasteiger partial charge < -0.3 is 9.47 Å². The van der Waals surface area contributed by atoms with Crippen molar-refractivity contribution in [3.8, 4) is 5.75 Å². The largest absolute Gasteiger partial charge is 0.497 e. The van der Waals surface area contributed by atoms with Crippen LogP contribution in [0.2, 0.25) is 0 Å². The van der Waals surface area contributed by atoms with E-state index < -0.39 is 0 Å². The van der Waals surface area contributed by atoms with Gasteiger partial charge in [0.25, 0.3) is 0 Å². The molecule has 1 aromatic carbocycles. The minimum Gasteiger partial charge on any atom is -0.497 e. The second-order valence-electron chi connectivity index (χ2n) is 3.82. The highest BCUT2D eigenvalue weighted by molar-refractivity contribution is 14.1. The van der Waals surface area contributed by atoms with E-state index in [1.165, 1.54) is 5.56 Å². The zero-order chi connectivity index (χ0) is 10.7. The predicted molar refractivity (Wildman–Crippen MR) is 69.0 cm³/mol. The first-order chi connectivity index (χ1) is 7.33. The number of ether oxygens (including phenoxy) is 2. The fourth-order valence-corrected chi connectivity index (χ4v) is 2.55. The lowest BCUT2D eigenvalue weighted by Gasteiger charge is -2.09. The van der Waals surface area contributed by atoms with Crippen LogP contribution in [0, 0.1) is 0 Å². The van der Waals surface area contributed by atoms with E-state index >= 15 is 0 Å². The van der Waals surface area contributed by atoms with Crippen LogP contribution in [-0.4, -0.2) is 24.2 Å². The van der Waals surface area contributed by atoms with Gasteiger partial charge in [-0.2, -0.15) is 0 Å². The minimum absolute atomic E-state index is 0.432. The van der Waals surface area contributed by atoms with Crippen molar-refractivity contribution in [2.24, 2.45) is 0 Å². The number of benzene rings is 1. The summed E-state index contributed by atoms with van der Waals surface area (Å²) in [7, 11) is 1.71. The number of rotatable bonds is 3. The summed E-state index contributed by atoms with van der Waals surface area (Å²) in [5.74, 6) is 1.48. The SMILES string of the molecule is COc1cccc(C2COC(CI)C2)c1. The Balaban J connectivity index is 2.09. The molecule has 1 saturated heterocycles. The molecule has 0 aromatic heterocycles. The standard InChI is InChI=1S/C12H15IO2/c1-14-11-4-2-3-9(5-11)10-6-12(7-13)15-8-10/h2-5,10,12H,6-8H2,1H3. The van der Waals surface area contributed by atoms with Gasteiger partial charge in [0.05, 0.1) is 19.8 Å². The number of hydrogen-bond acceptors (Lipinski definition) is 2. The summed E-state index contributed by atoms with van der Waals surface area (Å²) in [6, 6.07) is 8.30. The predicted octanol–water partition coefficient (Wildman–Crippen LogP) is 3.00. The highest BCUT2D eigenvalue weighted by atomic mass is 127. The summed E-state index contributed by atoms with van der Waals surface area (Å²) in [4.78, 5) is 0. The third-order valence-electron chi connectivity index (χ3n) is 2.82. The van der Waals surface area contributed by atoms with Crippen molar-refractivity contribution in [1.29, 1.82) is 0 Å².